The fourth-order valence-electron chi connectivity index (χ4n) is 4.90. The molecule has 3 heterocycles. The number of aromatic nitrogens is 3. The Bertz CT molecular complexity index is 1020. The minimum atomic E-state index is 0.131. The molecule has 1 aromatic heterocycles. The van der Waals surface area contributed by atoms with E-state index in [2.05, 4.69) is 61.2 Å². The number of carbonyl (C=O) groups excluding carboxylic acids is 1. The Morgan fingerprint density at radius 2 is 1.70 bits per heavy atom. The minimum Gasteiger partial charge on any atom is -0.336 e. The average Bonchev–Trinajstić information content (AvgIpc) is 3.36. The predicted molar refractivity (Wildman–Crippen MR) is 116 cm³/mol. The van der Waals surface area contributed by atoms with Crippen molar-refractivity contribution in [3.8, 4) is 11.3 Å². The standard InChI is InChI=1S/C24H27N5O/c1-2-23(30)28-14-13-20-24(19-11-7-4-8-12-19)25-26-29(20)22-17-27(16-21(22)28)15-18-9-5-3-6-10-18/h3-12,21-22H,2,13-17H2,1H3/t21-,22+/m0/s1. The molecule has 0 spiro atoms. The molecular formula is C24H27N5O. The molecule has 1 fully saturated rings. The Morgan fingerprint density at radius 1 is 1.00 bits per heavy atom. The second-order valence-electron chi connectivity index (χ2n) is 8.20. The van der Waals surface area contributed by atoms with E-state index in [0.717, 1.165) is 49.6 Å². The lowest BCUT2D eigenvalue weighted by molar-refractivity contribution is -0.133. The molecule has 30 heavy (non-hydrogen) atoms. The quantitative estimate of drug-likeness (QED) is 0.674. The molecule has 2 atom stereocenters. The molecule has 0 bridgehead atoms. The zero-order valence-electron chi connectivity index (χ0n) is 17.3. The van der Waals surface area contributed by atoms with Gasteiger partial charge in [0, 0.05) is 44.6 Å². The third-order valence-electron chi connectivity index (χ3n) is 6.35. The molecule has 6 nitrogen and oxygen atoms in total. The SMILES string of the molecule is CCC(=O)N1CCc2c(-c3ccccc3)nnn2[C@@H]2CN(Cc3ccccc3)C[C@@H]21. The monoisotopic (exact) mass is 401 g/mol. The van der Waals surface area contributed by atoms with Crippen molar-refractivity contribution >= 4 is 5.91 Å². The summed E-state index contributed by atoms with van der Waals surface area (Å²) in [5.74, 6) is 0.228. The number of rotatable bonds is 4. The number of carbonyl (C=O) groups is 1. The second-order valence-corrected chi connectivity index (χ2v) is 8.20. The summed E-state index contributed by atoms with van der Waals surface area (Å²) in [5.41, 5.74) is 4.47. The number of benzene rings is 2. The molecule has 2 aliphatic rings. The summed E-state index contributed by atoms with van der Waals surface area (Å²) in [6.07, 6.45) is 1.32. The van der Waals surface area contributed by atoms with E-state index < -0.39 is 0 Å². The van der Waals surface area contributed by atoms with Crippen LogP contribution in [-0.4, -0.2) is 56.4 Å². The zero-order valence-corrected chi connectivity index (χ0v) is 17.3. The van der Waals surface area contributed by atoms with Crippen LogP contribution in [0.3, 0.4) is 0 Å². The zero-order chi connectivity index (χ0) is 20.5. The van der Waals surface area contributed by atoms with Crippen molar-refractivity contribution in [2.24, 2.45) is 0 Å². The highest BCUT2D eigenvalue weighted by atomic mass is 16.2. The lowest BCUT2D eigenvalue weighted by atomic mass is 10.1. The Balaban J connectivity index is 1.49. The van der Waals surface area contributed by atoms with Gasteiger partial charge in [0.2, 0.25) is 5.91 Å². The maximum Gasteiger partial charge on any atom is 0.222 e. The molecule has 1 saturated heterocycles. The first-order chi connectivity index (χ1) is 14.7. The fourth-order valence-corrected chi connectivity index (χ4v) is 4.90. The van der Waals surface area contributed by atoms with Crippen LogP contribution < -0.4 is 0 Å². The topological polar surface area (TPSA) is 54.3 Å². The molecular weight excluding hydrogens is 374 g/mol. The van der Waals surface area contributed by atoms with Gasteiger partial charge in [0.05, 0.1) is 17.8 Å². The molecule has 0 aliphatic carbocycles. The number of hydrogen-bond donors (Lipinski definition) is 0. The largest absolute Gasteiger partial charge is 0.336 e. The number of amides is 1. The summed E-state index contributed by atoms with van der Waals surface area (Å²) in [4.78, 5) is 17.4. The molecule has 0 saturated carbocycles. The molecule has 1 amide bonds. The highest BCUT2D eigenvalue weighted by Crippen LogP contribution is 2.34. The van der Waals surface area contributed by atoms with E-state index in [1.54, 1.807) is 0 Å². The Labute approximate surface area is 177 Å². The van der Waals surface area contributed by atoms with Gasteiger partial charge >= 0.3 is 0 Å². The lowest BCUT2D eigenvalue weighted by Gasteiger charge is -2.30. The normalized spacial score (nSPS) is 21.2. The van der Waals surface area contributed by atoms with Crippen molar-refractivity contribution in [1.29, 1.82) is 0 Å². The van der Waals surface area contributed by atoms with Gasteiger partial charge in [-0.3, -0.25) is 9.69 Å². The molecule has 0 N–H and O–H groups in total. The van der Waals surface area contributed by atoms with Crippen LogP contribution in [0.2, 0.25) is 0 Å². The summed E-state index contributed by atoms with van der Waals surface area (Å²) in [6, 6.07) is 21.0. The summed E-state index contributed by atoms with van der Waals surface area (Å²) >= 11 is 0. The van der Waals surface area contributed by atoms with Gasteiger partial charge in [-0.25, -0.2) is 4.68 Å². The first-order valence-electron chi connectivity index (χ1n) is 10.8. The van der Waals surface area contributed by atoms with Crippen LogP contribution in [0.5, 0.6) is 0 Å². The van der Waals surface area contributed by atoms with Crippen molar-refractivity contribution in [2.45, 2.75) is 38.4 Å². The van der Waals surface area contributed by atoms with E-state index in [4.69, 9.17) is 0 Å². The van der Waals surface area contributed by atoms with Gasteiger partial charge in [-0.2, -0.15) is 0 Å². The van der Waals surface area contributed by atoms with Gasteiger partial charge in [-0.15, -0.1) is 5.10 Å². The Hall–Kier alpha value is -2.99. The van der Waals surface area contributed by atoms with Gasteiger partial charge in [0.25, 0.3) is 0 Å². The molecule has 5 rings (SSSR count). The molecule has 6 heteroatoms. The fraction of sp³-hybridized carbons (Fsp3) is 0.375. The Kier molecular flexibility index (Phi) is 5.09. The number of likely N-dealkylation sites (tertiary alicyclic amines) is 1. The van der Waals surface area contributed by atoms with Crippen molar-refractivity contribution in [3.05, 3.63) is 71.9 Å². The smallest absolute Gasteiger partial charge is 0.222 e. The number of hydrogen-bond acceptors (Lipinski definition) is 4. The minimum absolute atomic E-state index is 0.131. The van der Waals surface area contributed by atoms with E-state index in [0.29, 0.717) is 6.42 Å². The maximum absolute atomic E-state index is 12.8. The summed E-state index contributed by atoms with van der Waals surface area (Å²) < 4.78 is 2.11. The van der Waals surface area contributed by atoms with Crippen molar-refractivity contribution in [2.75, 3.05) is 19.6 Å². The predicted octanol–water partition coefficient (Wildman–Crippen LogP) is 3.17. The van der Waals surface area contributed by atoms with Gasteiger partial charge in [-0.05, 0) is 5.56 Å². The number of nitrogens with zero attached hydrogens (tertiary/aromatic N) is 5. The van der Waals surface area contributed by atoms with Crippen LogP contribution >= 0.6 is 0 Å². The summed E-state index contributed by atoms with van der Waals surface area (Å²) in [7, 11) is 0. The van der Waals surface area contributed by atoms with Crippen LogP contribution in [0, 0.1) is 0 Å². The molecule has 2 aliphatic heterocycles. The van der Waals surface area contributed by atoms with E-state index in [1.165, 1.54) is 5.56 Å². The average molecular weight is 402 g/mol. The van der Waals surface area contributed by atoms with Crippen molar-refractivity contribution in [3.63, 3.8) is 0 Å². The van der Waals surface area contributed by atoms with Gasteiger partial charge < -0.3 is 4.90 Å². The van der Waals surface area contributed by atoms with E-state index in [-0.39, 0.29) is 18.0 Å². The second kappa shape index (κ2) is 8.03. The molecule has 154 valence electrons. The van der Waals surface area contributed by atoms with Crippen molar-refractivity contribution in [1.82, 2.24) is 24.8 Å². The maximum atomic E-state index is 12.8. The van der Waals surface area contributed by atoms with Crippen LogP contribution in [-0.2, 0) is 17.8 Å². The van der Waals surface area contributed by atoms with E-state index in [1.807, 2.05) is 31.2 Å². The highest BCUT2D eigenvalue weighted by Gasteiger charge is 2.43. The van der Waals surface area contributed by atoms with Gasteiger partial charge in [0.1, 0.15) is 5.69 Å². The third kappa shape index (κ3) is 3.41. The van der Waals surface area contributed by atoms with Crippen LogP contribution in [0.4, 0.5) is 0 Å². The summed E-state index contributed by atoms with van der Waals surface area (Å²) in [5, 5.41) is 9.16. The van der Waals surface area contributed by atoms with Gasteiger partial charge in [0.15, 0.2) is 0 Å². The van der Waals surface area contributed by atoms with Gasteiger partial charge in [-0.1, -0.05) is 72.8 Å². The van der Waals surface area contributed by atoms with Crippen LogP contribution in [0.1, 0.15) is 30.6 Å². The number of fused-ring (bicyclic) bond motifs is 3. The Morgan fingerprint density at radius 3 is 2.43 bits per heavy atom. The van der Waals surface area contributed by atoms with E-state index >= 15 is 0 Å². The first-order valence-corrected chi connectivity index (χ1v) is 10.8. The van der Waals surface area contributed by atoms with E-state index in [9.17, 15) is 4.79 Å². The highest BCUT2D eigenvalue weighted by molar-refractivity contribution is 5.76. The summed E-state index contributed by atoms with van der Waals surface area (Å²) in [6.45, 7) is 5.30. The lowest BCUT2D eigenvalue weighted by Crippen LogP contribution is -2.44. The molecule has 3 aromatic rings. The third-order valence-corrected chi connectivity index (χ3v) is 6.35. The van der Waals surface area contributed by atoms with Crippen LogP contribution in [0.15, 0.2) is 60.7 Å². The first kappa shape index (κ1) is 19.0. The molecule has 2 aromatic carbocycles. The molecule has 0 radical (unpaired) electrons. The van der Waals surface area contributed by atoms with Crippen LogP contribution in [0.25, 0.3) is 11.3 Å². The molecule has 0 unspecified atom stereocenters. The van der Waals surface area contributed by atoms with Crippen molar-refractivity contribution < 1.29 is 4.79 Å².